The van der Waals surface area contributed by atoms with Crippen LogP contribution in [-0.4, -0.2) is 45.7 Å². The third-order valence-electron chi connectivity index (χ3n) is 5.22. The van der Waals surface area contributed by atoms with Crippen LogP contribution in [0.1, 0.15) is 40.1 Å². The predicted octanol–water partition coefficient (Wildman–Crippen LogP) is 2.16. The van der Waals surface area contributed by atoms with Crippen molar-refractivity contribution in [2.75, 3.05) is 12.4 Å². The summed E-state index contributed by atoms with van der Waals surface area (Å²) in [6.45, 7) is 0. The number of alkyl halides is 1. The second-order valence-corrected chi connectivity index (χ2v) is 7.07. The molecule has 4 rings (SSSR count). The van der Waals surface area contributed by atoms with E-state index < -0.39 is 12.1 Å². The highest BCUT2D eigenvalue weighted by Gasteiger charge is 2.29. The van der Waals surface area contributed by atoms with E-state index in [2.05, 4.69) is 20.7 Å². The zero-order valence-corrected chi connectivity index (χ0v) is 15.9. The number of halogens is 1. The number of hydrogen-bond donors (Lipinski definition) is 3. The molecule has 0 aliphatic heterocycles. The topological polar surface area (TPSA) is 114 Å². The van der Waals surface area contributed by atoms with E-state index >= 15 is 0 Å². The van der Waals surface area contributed by atoms with Gasteiger partial charge in [0.1, 0.15) is 11.9 Å². The fourth-order valence-electron chi connectivity index (χ4n) is 3.64. The van der Waals surface area contributed by atoms with Gasteiger partial charge in [-0.3, -0.25) is 14.6 Å². The Hall–Kier alpha value is -3.49. The standard InChI is InChI=1S/C20H21FN6O2/c1-23-20(29)16-6-5-11(8-24-16)12-7-17-18(26-15-4-2-3-14(15)21)13(19(22)28)9-25-27(17)10-12/h5-10,14-15,26H,2-4H2,1H3,(H2,22,28)(H,23,29)/t14-,15+/m0/s1. The molecule has 1 fully saturated rings. The van der Waals surface area contributed by atoms with Crippen molar-refractivity contribution in [1.29, 1.82) is 0 Å². The van der Waals surface area contributed by atoms with Crippen molar-refractivity contribution >= 4 is 23.0 Å². The average molecular weight is 396 g/mol. The van der Waals surface area contributed by atoms with Gasteiger partial charge in [-0.2, -0.15) is 5.10 Å². The van der Waals surface area contributed by atoms with E-state index in [4.69, 9.17) is 5.73 Å². The quantitative estimate of drug-likeness (QED) is 0.611. The van der Waals surface area contributed by atoms with E-state index in [9.17, 15) is 14.0 Å². The van der Waals surface area contributed by atoms with Crippen LogP contribution < -0.4 is 16.4 Å². The molecular weight excluding hydrogens is 375 g/mol. The Morgan fingerprint density at radius 2 is 2.07 bits per heavy atom. The average Bonchev–Trinajstić information content (AvgIpc) is 3.34. The van der Waals surface area contributed by atoms with E-state index in [0.717, 1.165) is 17.5 Å². The summed E-state index contributed by atoms with van der Waals surface area (Å²) < 4.78 is 15.8. The van der Waals surface area contributed by atoms with Gasteiger partial charge in [0.2, 0.25) is 0 Å². The first-order valence-corrected chi connectivity index (χ1v) is 9.38. The van der Waals surface area contributed by atoms with Gasteiger partial charge in [-0.1, -0.05) is 6.07 Å². The van der Waals surface area contributed by atoms with Gasteiger partial charge in [-0.05, 0) is 31.4 Å². The Bertz CT molecular complexity index is 1080. The summed E-state index contributed by atoms with van der Waals surface area (Å²) in [4.78, 5) is 27.8. The van der Waals surface area contributed by atoms with Crippen molar-refractivity contribution < 1.29 is 14.0 Å². The molecule has 0 aromatic carbocycles. The molecule has 3 heterocycles. The SMILES string of the molecule is CNC(=O)c1ccc(-c2cc3c(N[C@@H]4CCC[C@@H]4F)c(C(N)=O)cnn3c2)cn1. The van der Waals surface area contributed by atoms with Crippen molar-refractivity contribution in [3.63, 3.8) is 0 Å². The molecular formula is C20H21FN6O2. The monoisotopic (exact) mass is 396 g/mol. The lowest BCUT2D eigenvalue weighted by Gasteiger charge is -2.19. The maximum Gasteiger partial charge on any atom is 0.269 e. The zero-order valence-electron chi connectivity index (χ0n) is 15.9. The van der Waals surface area contributed by atoms with Gasteiger partial charge >= 0.3 is 0 Å². The smallest absolute Gasteiger partial charge is 0.269 e. The summed E-state index contributed by atoms with van der Waals surface area (Å²) in [5, 5.41) is 9.96. The van der Waals surface area contributed by atoms with Gasteiger partial charge in [0, 0.05) is 30.6 Å². The Balaban J connectivity index is 1.75. The maximum atomic E-state index is 14.2. The molecule has 29 heavy (non-hydrogen) atoms. The number of pyridine rings is 1. The molecule has 3 aromatic heterocycles. The number of nitrogens with one attached hydrogen (secondary N) is 2. The van der Waals surface area contributed by atoms with E-state index in [1.165, 1.54) is 6.20 Å². The Morgan fingerprint density at radius 3 is 2.69 bits per heavy atom. The molecule has 1 saturated carbocycles. The number of hydrogen-bond acceptors (Lipinski definition) is 5. The third kappa shape index (κ3) is 3.51. The fourth-order valence-corrected chi connectivity index (χ4v) is 3.64. The number of carbonyl (C=O) groups excluding carboxylic acids is 2. The van der Waals surface area contributed by atoms with Gasteiger partial charge in [-0.15, -0.1) is 0 Å². The molecule has 4 N–H and O–H groups in total. The van der Waals surface area contributed by atoms with Crippen LogP contribution in [0.25, 0.3) is 16.6 Å². The van der Waals surface area contributed by atoms with Crippen LogP contribution in [0.3, 0.4) is 0 Å². The van der Waals surface area contributed by atoms with Gasteiger partial charge in [0.05, 0.1) is 29.0 Å². The number of primary amides is 1. The fraction of sp³-hybridized carbons (Fsp3) is 0.300. The summed E-state index contributed by atoms with van der Waals surface area (Å²) >= 11 is 0. The van der Waals surface area contributed by atoms with Gasteiger partial charge in [0.25, 0.3) is 11.8 Å². The molecule has 0 saturated heterocycles. The largest absolute Gasteiger partial charge is 0.377 e. The zero-order chi connectivity index (χ0) is 20.5. The molecule has 3 aromatic rings. The molecule has 150 valence electrons. The van der Waals surface area contributed by atoms with Crippen molar-refractivity contribution in [2.45, 2.75) is 31.5 Å². The third-order valence-corrected chi connectivity index (χ3v) is 5.22. The minimum Gasteiger partial charge on any atom is -0.377 e. The summed E-state index contributed by atoms with van der Waals surface area (Å²) in [5.41, 5.74) is 8.71. The van der Waals surface area contributed by atoms with Crippen LogP contribution in [-0.2, 0) is 0 Å². The summed E-state index contributed by atoms with van der Waals surface area (Å²) in [6, 6.07) is 4.87. The van der Waals surface area contributed by atoms with Crippen molar-refractivity contribution in [1.82, 2.24) is 19.9 Å². The molecule has 1 aliphatic rings. The molecule has 2 amide bonds. The second-order valence-electron chi connectivity index (χ2n) is 7.07. The van der Waals surface area contributed by atoms with Crippen molar-refractivity contribution in [2.24, 2.45) is 5.73 Å². The number of anilines is 1. The molecule has 0 spiro atoms. The summed E-state index contributed by atoms with van der Waals surface area (Å²) in [6.07, 6.45) is 5.77. The highest BCUT2D eigenvalue weighted by Crippen LogP contribution is 2.32. The number of aromatic nitrogens is 3. The van der Waals surface area contributed by atoms with E-state index in [-0.39, 0.29) is 17.5 Å². The minimum absolute atomic E-state index is 0.217. The van der Waals surface area contributed by atoms with Gasteiger partial charge in [-0.25, -0.2) is 8.91 Å². The first-order chi connectivity index (χ1) is 14.0. The van der Waals surface area contributed by atoms with Crippen LogP contribution in [0.2, 0.25) is 0 Å². The number of fused-ring (bicyclic) bond motifs is 1. The van der Waals surface area contributed by atoms with Crippen LogP contribution in [0.15, 0.2) is 36.8 Å². The maximum absolute atomic E-state index is 14.2. The van der Waals surface area contributed by atoms with E-state index in [1.54, 1.807) is 36.1 Å². The molecule has 0 unspecified atom stereocenters. The van der Waals surface area contributed by atoms with Crippen molar-refractivity contribution in [3.8, 4) is 11.1 Å². The lowest BCUT2D eigenvalue weighted by molar-refractivity contribution is 0.0956. The minimum atomic E-state index is -0.972. The number of rotatable bonds is 5. The Morgan fingerprint density at radius 1 is 1.24 bits per heavy atom. The second kappa shape index (κ2) is 7.50. The van der Waals surface area contributed by atoms with Crippen molar-refractivity contribution in [3.05, 3.63) is 48.0 Å². The lowest BCUT2D eigenvalue weighted by atomic mass is 10.1. The molecule has 0 radical (unpaired) electrons. The number of nitrogens with two attached hydrogens (primary N) is 1. The van der Waals surface area contributed by atoms with Gasteiger partial charge in [0.15, 0.2) is 0 Å². The number of amides is 2. The lowest BCUT2D eigenvalue weighted by Crippen LogP contribution is -2.27. The molecule has 0 bridgehead atoms. The van der Waals surface area contributed by atoms with Crippen LogP contribution in [0.5, 0.6) is 0 Å². The number of nitrogens with zero attached hydrogens (tertiary/aromatic N) is 3. The van der Waals surface area contributed by atoms with E-state index in [1.807, 2.05) is 6.07 Å². The molecule has 1 aliphatic carbocycles. The molecule has 8 nitrogen and oxygen atoms in total. The highest BCUT2D eigenvalue weighted by molar-refractivity contribution is 6.02. The van der Waals surface area contributed by atoms with Crippen LogP contribution >= 0.6 is 0 Å². The highest BCUT2D eigenvalue weighted by atomic mass is 19.1. The molecule has 9 heteroatoms. The predicted molar refractivity (Wildman–Crippen MR) is 106 cm³/mol. The Kier molecular flexibility index (Phi) is 4.87. The summed E-state index contributed by atoms with van der Waals surface area (Å²) in [7, 11) is 1.54. The normalized spacial score (nSPS) is 18.7. The van der Waals surface area contributed by atoms with Crippen LogP contribution in [0, 0.1) is 0 Å². The first-order valence-electron chi connectivity index (χ1n) is 9.38. The Labute approximate surface area is 166 Å². The van der Waals surface area contributed by atoms with E-state index in [0.29, 0.717) is 29.7 Å². The molecule has 2 atom stereocenters. The van der Waals surface area contributed by atoms with Gasteiger partial charge < -0.3 is 16.4 Å². The van der Waals surface area contributed by atoms with Crippen LogP contribution in [0.4, 0.5) is 10.1 Å². The summed E-state index contributed by atoms with van der Waals surface area (Å²) in [5.74, 6) is -0.898. The number of carbonyl (C=O) groups is 2. The first kappa shape index (κ1) is 18.9.